The van der Waals surface area contributed by atoms with Gasteiger partial charge in [-0.1, -0.05) is 12.8 Å². The van der Waals surface area contributed by atoms with Gasteiger partial charge < -0.3 is 15.4 Å². The first-order chi connectivity index (χ1) is 8.01. The number of amides is 1. The van der Waals surface area contributed by atoms with Crippen molar-refractivity contribution in [1.82, 2.24) is 9.88 Å². The number of aromatic nitrogens is 1. The third kappa shape index (κ3) is 2.64. The molecule has 6 nitrogen and oxygen atoms in total. The molecule has 0 aliphatic rings. The zero-order valence-corrected chi connectivity index (χ0v) is 9.64. The highest BCUT2D eigenvalue weighted by atomic mass is 16.6. The van der Waals surface area contributed by atoms with Crippen LogP contribution in [-0.2, 0) is 7.05 Å². The van der Waals surface area contributed by atoms with Crippen molar-refractivity contribution >= 4 is 11.7 Å². The van der Waals surface area contributed by atoms with Crippen LogP contribution in [0.5, 0.6) is 0 Å². The smallest absolute Gasteiger partial charge is 0.323 e. The molecule has 0 spiro atoms. The van der Waals surface area contributed by atoms with Gasteiger partial charge in [-0.3, -0.25) is 4.79 Å². The van der Waals surface area contributed by atoms with Crippen LogP contribution < -0.4 is 5.32 Å². The maximum absolute atomic E-state index is 11.8. The number of hydrogen-bond donors (Lipinski definition) is 1. The summed E-state index contributed by atoms with van der Waals surface area (Å²) in [7, 11) is 1.46. The normalized spacial score (nSPS) is 11.6. The molecule has 1 N–H and O–H groups in total. The highest BCUT2D eigenvalue weighted by Crippen LogP contribution is 2.14. The van der Waals surface area contributed by atoms with Gasteiger partial charge in [0.1, 0.15) is 0 Å². The zero-order valence-electron chi connectivity index (χ0n) is 9.64. The average molecular weight is 235 g/mol. The van der Waals surface area contributed by atoms with Crippen LogP contribution in [0.2, 0.25) is 0 Å². The molecule has 0 aliphatic heterocycles. The van der Waals surface area contributed by atoms with Gasteiger partial charge in [0, 0.05) is 6.07 Å². The molecule has 0 saturated heterocycles. The fourth-order valence-electron chi connectivity index (χ4n) is 1.41. The van der Waals surface area contributed by atoms with Gasteiger partial charge in [0.15, 0.2) is 5.69 Å². The topological polar surface area (TPSA) is 77.2 Å². The monoisotopic (exact) mass is 235 g/mol. The molecule has 0 radical (unpaired) electrons. The van der Waals surface area contributed by atoms with Gasteiger partial charge in [0.05, 0.1) is 13.1 Å². The molecule has 0 saturated carbocycles. The van der Waals surface area contributed by atoms with E-state index in [4.69, 9.17) is 6.42 Å². The zero-order chi connectivity index (χ0) is 13.0. The van der Waals surface area contributed by atoms with E-state index in [-0.39, 0.29) is 17.6 Å². The van der Waals surface area contributed by atoms with Gasteiger partial charge >= 0.3 is 5.82 Å². The van der Waals surface area contributed by atoms with Crippen molar-refractivity contribution in [3.63, 3.8) is 0 Å². The summed E-state index contributed by atoms with van der Waals surface area (Å²) in [6.07, 6.45) is 5.83. The molecule has 0 bridgehead atoms. The Hall–Kier alpha value is -2.29. The summed E-state index contributed by atoms with van der Waals surface area (Å²) in [6.45, 7) is 1.85. The van der Waals surface area contributed by atoms with Crippen molar-refractivity contribution in [3.8, 4) is 12.3 Å². The largest absolute Gasteiger partial charge is 0.358 e. The van der Waals surface area contributed by atoms with Crippen LogP contribution in [0, 0.1) is 22.5 Å². The first kappa shape index (κ1) is 12.8. The van der Waals surface area contributed by atoms with E-state index in [2.05, 4.69) is 11.2 Å². The molecule has 1 atom stereocenters. The minimum atomic E-state index is -0.546. The molecule has 1 unspecified atom stereocenters. The van der Waals surface area contributed by atoms with Crippen LogP contribution in [0.15, 0.2) is 12.1 Å². The maximum Gasteiger partial charge on any atom is 0.323 e. The first-order valence-corrected chi connectivity index (χ1v) is 5.08. The maximum atomic E-state index is 11.8. The molecule has 1 heterocycles. The molecule has 1 aromatic rings. The molecule has 90 valence electrons. The van der Waals surface area contributed by atoms with Crippen molar-refractivity contribution in [2.75, 3.05) is 0 Å². The summed E-state index contributed by atoms with van der Waals surface area (Å²) in [4.78, 5) is 21.8. The Labute approximate surface area is 98.8 Å². The summed E-state index contributed by atoms with van der Waals surface area (Å²) in [5.41, 5.74) is 0.213. The summed E-state index contributed by atoms with van der Waals surface area (Å²) in [6, 6.07) is 2.32. The molecule has 0 fully saturated rings. The lowest BCUT2D eigenvalue weighted by molar-refractivity contribution is -0.391. The lowest BCUT2D eigenvalue weighted by Crippen LogP contribution is -2.34. The second-order valence-corrected chi connectivity index (χ2v) is 3.49. The van der Waals surface area contributed by atoms with Crippen LogP contribution in [-0.4, -0.2) is 21.4 Å². The average Bonchev–Trinajstić information content (AvgIpc) is 2.67. The molecular formula is C11H13N3O3. The Bertz CT molecular complexity index is 485. The Balaban J connectivity index is 2.91. The van der Waals surface area contributed by atoms with E-state index >= 15 is 0 Å². The number of rotatable bonds is 4. The van der Waals surface area contributed by atoms with Crippen molar-refractivity contribution in [3.05, 3.63) is 27.9 Å². The van der Waals surface area contributed by atoms with Gasteiger partial charge in [-0.25, -0.2) is 4.57 Å². The number of nitrogens with one attached hydrogen (secondary N) is 1. The fourth-order valence-corrected chi connectivity index (χ4v) is 1.41. The van der Waals surface area contributed by atoms with Crippen molar-refractivity contribution in [1.29, 1.82) is 0 Å². The number of carbonyl (C=O) groups is 1. The van der Waals surface area contributed by atoms with E-state index in [1.807, 2.05) is 6.92 Å². The number of nitrogens with zero attached hydrogens (tertiary/aromatic N) is 2. The van der Waals surface area contributed by atoms with Crippen molar-refractivity contribution < 1.29 is 9.72 Å². The first-order valence-electron chi connectivity index (χ1n) is 5.08. The lowest BCUT2D eigenvalue weighted by atomic mass is 10.2. The van der Waals surface area contributed by atoms with Crippen molar-refractivity contribution in [2.45, 2.75) is 19.4 Å². The second-order valence-electron chi connectivity index (χ2n) is 3.49. The lowest BCUT2D eigenvalue weighted by Gasteiger charge is -2.09. The van der Waals surface area contributed by atoms with Gasteiger partial charge in [-0.05, 0) is 17.4 Å². The molecule has 6 heteroatoms. The number of hydrogen-bond acceptors (Lipinski definition) is 3. The number of carbonyl (C=O) groups excluding carboxylic acids is 1. The minimum absolute atomic E-state index is 0.135. The predicted molar refractivity (Wildman–Crippen MR) is 62.4 cm³/mol. The van der Waals surface area contributed by atoms with E-state index in [0.29, 0.717) is 6.42 Å². The third-order valence-electron chi connectivity index (χ3n) is 2.43. The van der Waals surface area contributed by atoms with Crippen molar-refractivity contribution in [2.24, 2.45) is 7.05 Å². The minimum Gasteiger partial charge on any atom is -0.358 e. The summed E-state index contributed by atoms with van der Waals surface area (Å²) in [5, 5.41) is 13.2. The molecular weight excluding hydrogens is 222 g/mol. The van der Waals surface area contributed by atoms with E-state index < -0.39 is 10.8 Å². The van der Waals surface area contributed by atoms with Crippen LogP contribution in [0.1, 0.15) is 23.8 Å². The van der Waals surface area contributed by atoms with Gasteiger partial charge in [0.2, 0.25) is 0 Å². The molecule has 0 aliphatic carbocycles. The molecule has 0 aromatic carbocycles. The van der Waals surface area contributed by atoms with Gasteiger partial charge in [0.25, 0.3) is 5.91 Å². The van der Waals surface area contributed by atoms with E-state index in [9.17, 15) is 14.9 Å². The highest BCUT2D eigenvalue weighted by Gasteiger charge is 2.21. The molecule has 1 amide bonds. The van der Waals surface area contributed by atoms with Crippen LogP contribution >= 0.6 is 0 Å². The van der Waals surface area contributed by atoms with Crippen LogP contribution in [0.25, 0.3) is 0 Å². The Kier molecular flexibility index (Phi) is 3.88. The standard InChI is InChI=1S/C11H13N3O3/c1-4-8(5-2)12-11(15)9-6-7-10(13(9)3)14(16)17/h1,6-8H,5H2,2-3H3,(H,12,15). The fraction of sp³-hybridized carbons (Fsp3) is 0.364. The predicted octanol–water partition coefficient (Wildman–Crippen LogP) is 1.07. The van der Waals surface area contributed by atoms with Crippen LogP contribution in [0.3, 0.4) is 0 Å². The summed E-state index contributed by atoms with van der Waals surface area (Å²) in [5.74, 6) is 1.88. The molecule has 17 heavy (non-hydrogen) atoms. The highest BCUT2D eigenvalue weighted by molar-refractivity contribution is 5.93. The van der Waals surface area contributed by atoms with E-state index in [1.165, 1.54) is 23.7 Å². The van der Waals surface area contributed by atoms with E-state index in [1.54, 1.807) is 0 Å². The number of nitro groups is 1. The Morgan fingerprint density at radius 3 is 2.76 bits per heavy atom. The quantitative estimate of drug-likeness (QED) is 0.482. The van der Waals surface area contributed by atoms with Crippen LogP contribution in [0.4, 0.5) is 5.82 Å². The number of terminal acetylenes is 1. The molecule has 1 rings (SSSR count). The van der Waals surface area contributed by atoms with E-state index in [0.717, 1.165) is 0 Å². The second kappa shape index (κ2) is 5.16. The summed E-state index contributed by atoms with van der Waals surface area (Å²) >= 11 is 0. The Morgan fingerprint density at radius 2 is 2.35 bits per heavy atom. The van der Waals surface area contributed by atoms with Gasteiger partial charge in [-0.15, -0.1) is 6.42 Å². The Morgan fingerprint density at radius 1 is 1.71 bits per heavy atom. The summed E-state index contributed by atoms with van der Waals surface area (Å²) < 4.78 is 1.22. The molecule has 1 aromatic heterocycles. The SMILES string of the molecule is C#CC(CC)NC(=O)c1ccc([N+](=O)[O-])n1C. The van der Waals surface area contributed by atoms with Gasteiger partial charge in [-0.2, -0.15) is 0 Å². The third-order valence-corrected chi connectivity index (χ3v) is 2.43.